The number of hydrogen-bond donors (Lipinski definition) is 2. The normalized spacial score (nSPS) is 17.3. The molecule has 1 aromatic heterocycles. The van der Waals surface area contributed by atoms with E-state index in [2.05, 4.69) is 15.3 Å². The van der Waals surface area contributed by atoms with Crippen LogP contribution in [-0.4, -0.2) is 88.6 Å². The molecule has 1 fully saturated rings. The number of anilines is 2. The summed E-state index contributed by atoms with van der Waals surface area (Å²) >= 11 is 0. The summed E-state index contributed by atoms with van der Waals surface area (Å²) in [6.45, 7) is 4.85. The summed E-state index contributed by atoms with van der Waals surface area (Å²) in [6.07, 6.45) is 1.74. The Morgan fingerprint density at radius 3 is 2.81 bits per heavy atom. The number of rotatable bonds is 9. The van der Waals surface area contributed by atoms with E-state index in [-0.39, 0.29) is 62.3 Å². The van der Waals surface area contributed by atoms with Crippen LogP contribution in [0.4, 0.5) is 25.6 Å². The fourth-order valence-electron chi connectivity index (χ4n) is 4.73. The zero-order valence-corrected chi connectivity index (χ0v) is 23.7. The van der Waals surface area contributed by atoms with Gasteiger partial charge in [-0.1, -0.05) is 6.08 Å². The number of carbonyl (C=O) groups excluding carboxylic acids is 3. The molecule has 3 aliphatic rings. The highest BCUT2D eigenvalue weighted by Gasteiger charge is 2.35. The van der Waals surface area contributed by atoms with Gasteiger partial charge in [-0.3, -0.25) is 9.69 Å². The molecule has 228 valence electrons. The second-order valence-electron chi connectivity index (χ2n) is 11.2. The van der Waals surface area contributed by atoms with Gasteiger partial charge in [0, 0.05) is 25.6 Å². The molecule has 1 aromatic carbocycles. The Bertz CT molecular complexity index is 1510. The summed E-state index contributed by atoms with van der Waals surface area (Å²) < 4.78 is 36.2. The SMILES string of the molecule is CC(C)(C)OC(=O)N(CCC1CN(c2cnc3c(n2)NC(=O)CO3)C(=O)O1)CC1=Cc2cc(OCC(=O)O)cc(F)c2C1. The van der Waals surface area contributed by atoms with Crippen molar-refractivity contribution in [1.82, 2.24) is 14.9 Å². The van der Waals surface area contributed by atoms with E-state index >= 15 is 0 Å². The lowest BCUT2D eigenvalue weighted by molar-refractivity contribution is -0.139. The Morgan fingerprint density at radius 1 is 1.28 bits per heavy atom. The molecule has 15 heteroatoms. The molecule has 2 N–H and O–H groups in total. The Labute approximate surface area is 245 Å². The van der Waals surface area contributed by atoms with Crippen molar-refractivity contribution in [2.24, 2.45) is 0 Å². The van der Waals surface area contributed by atoms with E-state index in [1.165, 1.54) is 16.0 Å². The average Bonchev–Trinajstić information content (AvgIpc) is 3.51. The van der Waals surface area contributed by atoms with Crippen molar-refractivity contribution in [3.05, 3.63) is 40.8 Å². The number of nitrogens with zero attached hydrogens (tertiary/aromatic N) is 4. The molecule has 5 rings (SSSR count). The van der Waals surface area contributed by atoms with E-state index < -0.39 is 48.2 Å². The number of aromatic nitrogens is 2. The molecule has 1 atom stereocenters. The maximum absolute atomic E-state index is 14.8. The molecule has 0 spiro atoms. The van der Waals surface area contributed by atoms with Crippen molar-refractivity contribution in [1.29, 1.82) is 0 Å². The summed E-state index contributed by atoms with van der Waals surface area (Å²) in [6, 6.07) is 2.69. The molecule has 43 heavy (non-hydrogen) atoms. The highest BCUT2D eigenvalue weighted by Crippen LogP contribution is 2.32. The second-order valence-corrected chi connectivity index (χ2v) is 11.2. The largest absolute Gasteiger partial charge is 0.482 e. The molecule has 1 saturated heterocycles. The second kappa shape index (κ2) is 11.7. The lowest BCUT2D eigenvalue weighted by atomic mass is 10.1. The number of carboxylic acid groups (broad SMARTS) is 1. The Kier molecular flexibility index (Phi) is 8.06. The highest BCUT2D eigenvalue weighted by atomic mass is 19.1. The molecule has 0 saturated carbocycles. The third kappa shape index (κ3) is 7.10. The zero-order chi connectivity index (χ0) is 30.9. The summed E-state index contributed by atoms with van der Waals surface area (Å²) in [7, 11) is 0. The van der Waals surface area contributed by atoms with Crippen molar-refractivity contribution in [2.75, 3.05) is 43.1 Å². The van der Waals surface area contributed by atoms with Gasteiger partial charge in [-0.2, -0.15) is 0 Å². The number of halogens is 1. The topological polar surface area (TPSA) is 170 Å². The Morgan fingerprint density at radius 2 is 2.07 bits per heavy atom. The van der Waals surface area contributed by atoms with Crippen molar-refractivity contribution < 1.29 is 47.6 Å². The molecule has 14 nitrogen and oxygen atoms in total. The van der Waals surface area contributed by atoms with Gasteiger partial charge < -0.3 is 34.3 Å². The van der Waals surface area contributed by atoms with Crippen molar-refractivity contribution >= 4 is 41.8 Å². The number of nitrogens with one attached hydrogen (secondary N) is 1. The molecule has 1 unspecified atom stereocenters. The number of fused-ring (bicyclic) bond motifs is 2. The maximum atomic E-state index is 14.8. The molecule has 3 amide bonds. The summed E-state index contributed by atoms with van der Waals surface area (Å²) in [5.74, 6) is -1.60. The van der Waals surface area contributed by atoms with E-state index in [9.17, 15) is 23.6 Å². The van der Waals surface area contributed by atoms with Crippen LogP contribution in [0.5, 0.6) is 11.6 Å². The molecule has 1 aliphatic carbocycles. The fraction of sp³-hybridized carbons (Fsp3) is 0.429. The standard InChI is InChI=1S/C28H30FN5O9/c1-28(2,3)43-26(38)33(11-15-6-16-8-18(40-14-23(36)37)9-20(29)19(16)7-15)5-4-17-12-34(27(39)42-17)21-10-30-25-24(31-21)32-22(35)13-41-25/h6,8-10,17H,4-5,7,11-14H2,1-3H3,(H,36,37)(H,31,32,35). The van der Waals surface area contributed by atoms with Crippen molar-refractivity contribution in [3.8, 4) is 11.6 Å². The summed E-state index contributed by atoms with van der Waals surface area (Å²) in [5.41, 5.74) is 0.905. The van der Waals surface area contributed by atoms with Gasteiger partial charge in [0.15, 0.2) is 24.8 Å². The van der Waals surface area contributed by atoms with Gasteiger partial charge in [0.25, 0.3) is 11.8 Å². The van der Waals surface area contributed by atoms with Crippen LogP contribution >= 0.6 is 0 Å². The minimum absolute atomic E-state index is 0.0891. The molecule has 3 heterocycles. The number of aliphatic carboxylic acids is 1. The quantitative estimate of drug-likeness (QED) is 0.434. The van der Waals surface area contributed by atoms with Crippen LogP contribution in [0.2, 0.25) is 0 Å². The number of ether oxygens (including phenoxy) is 4. The van der Waals surface area contributed by atoms with Crippen LogP contribution in [0.25, 0.3) is 6.08 Å². The molecular formula is C28H30FN5O9. The van der Waals surface area contributed by atoms with Gasteiger partial charge in [-0.15, -0.1) is 0 Å². The average molecular weight is 600 g/mol. The van der Waals surface area contributed by atoms with Gasteiger partial charge in [0.2, 0.25) is 0 Å². The molecule has 2 aliphatic heterocycles. The number of amides is 3. The number of hydrogen-bond acceptors (Lipinski definition) is 10. The summed E-state index contributed by atoms with van der Waals surface area (Å²) in [4.78, 5) is 59.4. The number of benzene rings is 1. The first-order chi connectivity index (χ1) is 20.3. The maximum Gasteiger partial charge on any atom is 0.415 e. The van der Waals surface area contributed by atoms with Crippen LogP contribution in [0.15, 0.2) is 23.9 Å². The van der Waals surface area contributed by atoms with Crippen LogP contribution < -0.4 is 19.7 Å². The first-order valence-electron chi connectivity index (χ1n) is 13.5. The third-order valence-corrected chi connectivity index (χ3v) is 6.57. The van der Waals surface area contributed by atoms with E-state index in [0.717, 1.165) is 11.6 Å². The van der Waals surface area contributed by atoms with Crippen LogP contribution in [-0.2, 0) is 25.5 Å². The van der Waals surface area contributed by atoms with Gasteiger partial charge >= 0.3 is 18.2 Å². The fourth-order valence-corrected chi connectivity index (χ4v) is 4.73. The Hall–Kier alpha value is -4.95. The molecule has 2 aromatic rings. The highest BCUT2D eigenvalue weighted by molar-refractivity contribution is 5.94. The predicted octanol–water partition coefficient (Wildman–Crippen LogP) is 3.00. The van der Waals surface area contributed by atoms with E-state index in [1.54, 1.807) is 32.9 Å². The number of carbonyl (C=O) groups is 4. The monoisotopic (exact) mass is 599 g/mol. The molecule has 0 radical (unpaired) electrons. The van der Waals surface area contributed by atoms with Gasteiger partial charge in [-0.25, -0.2) is 28.7 Å². The number of carboxylic acids is 1. The van der Waals surface area contributed by atoms with Gasteiger partial charge in [0.1, 0.15) is 23.3 Å². The lowest BCUT2D eigenvalue weighted by Crippen LogP contribution is -2.39. The summed E-state index contributed by atoms with van der Waals surface area (Å²) in [5, 5.41) is 11.4. The Balaban J connectivity index is 1.26. The van der Waals surface area contributed by atoms with E-state index in [0.29, 0.717) is 11.1 Å². The van der Waals surface area contributed by atoms with Crippen LogP contribution in [0, 0.1) is 5.82 Å². The molecular weight excluding hydrogens is 569 g/mol. The minimum Gasteiger partial charge on any atom is -0.482 e. The predicted molar refractivity (Wildman–Crippen MR) is 147 cm³/mol. The smallest absolute Gasteiger partial charge is 0.415 e. The first kappa shape index (κ1) is 29.5. The minimum atomic E-state index is -1.18. The third-order valence-electron chi connectivity index (χ3n) is 6.57. The van der Waals surface area contributed by atoms with Crippen molar-refractivity contribution in [3.63, 3.8) is 0 Å². The van der Waals surface area contributed by atoms with Crippen molar-refractivity contribution in [2.45, 2.75) is 45.3 Å². The van der Waals surface area contributed by atoms with E-state index in [1.807, 2.05) is 0 Å². The zero-order valence-electron chi connectivity index (χ0n) is 23.7. The van der Waals surface area contributed by atoms with Gasteiger partial charge in [0.05, 0.1) is 12.7 Å². The number of cyclic esters (lactones) is 1. The lowest BCUT2D eigenvalue weighted by Gasteiger charge is -2.28. The van der Waals surface area contributed by atoms with Crippen LogP contribution in [0.1, 0.15) is 38.3 Å². The van der Waals surface area contributed by atoms with Gasteiger partial charge in [-0.05, 0) is 50.0 Å². The van der Waals surface area contributed by atoms with E-state index in [4.69, 9.17) is 24.1 Å². The van der Waals surface area contributed by atoms with Crippen LogP contribution in [0.3, 0.4) is 0 Å². The first-order valence-corrected chi connectivity index (χ1v) is 13.5. The molecule has 0 bridgehead atoms.